The van der Waals surface area contributed by atoms with E-state index in [4.69, 9.17) is 4.74 Å². The number of amidine groups is 2. The number of nitrogens with zero attached hydrogens (tertiary/aromatic N) is 3. The standard InChI is InChI=1S/C8H13N3O/c1-2-7-9-3-5-11(7)8-10-4-6-12-8/h2-6H2,1H3. The molecule has 0 aromatic carbocycles. The van der Waals surface area contributed by atoms with Gasteiger partial charge in [-0.05, 0) is 0 Å². The summed E-state index contributed by atoms with van der Waals surface area (Å²) < 4.78 is 5.36. The molecule has 0 amide bonds. The van der Waals surface area contributed by atoms with Crippen molar-refractivity contribution in [3.63, 3.8) is 0 Å². The first-order valence-electron chi connectivity index (χ1n) is 4.40. The highest BCUT2D eigenvalue weighted by Crippen LogP contribution is 2.09. The van der Waals surface area contributed by atoms with Gasteiger partial charge in [0.15, 0.2) is 0 Å². The minimum atomic E-state index is 0.725. The summed E-state index contributed by atoms with van der Waals surface area (Å²) in [6, 6.07) is 0.771. The molecular weight excluding hydrogens is 154 g/mol. The molecule has 12 heavy (non-hydrogen) atoms. The van der Waals surface area contributed by atoms with Crippen LogP contribution in [0, 0.1) is 0 Å². The summed E-state index contributed by atoms with van der Waals surface area (Å²) in [5, 5.41) is 0. The summed E-state index contributed by atoms with van der Waals surface area (Å²) in [7, 11) is 0. The summed E-state index contributed by atoms with van der Waals surface area (Å²) in [6.07, 6.45) is 0.961. The molecule has 0 N–H and O–H groups in total. The molecule has 0 atom stereocenters. The van der Waals surface area contributed by atoms with E-state index in [1.165, 1.54) is 0 Å². The van der Waals surface area contributed by atoms with E-state index in [9.17, 15) is 0 Å². The van der Waals surface area contributed by atoms with Crippen molar-refractivity contribution in [3.8, 4) is 0 Å². The smallest absolute Gasteiger partial charge is 0.293 e. The average molecular weight is 167 g/mol. The first-order chi connectivity index (χ1) is 5.92. The Hall–Kier alpha value is -1.06. The largest absolute Gasteiger partial charge is 0.463 e. The molecule has 0 bridgehead atoms. The predicted octanol–water partition coefficient (Wildman–Crippen LogP) is 0.497. The summed E-state index contributed by atoms with van der Waals surface area (Å²) in [6.45, 7) is 5.44. The first-order valence-corrected chi connectivity index (χ1v) is 4.40. The lowest BCUT2D eigenvalue weighted by Crippen LogP contribution is -2.34. The van der Waals surface area contributed by atoms with E-state index in [0.717, 1.165) is 44.5 Å². The molecule has 0 aromatic heterocycles. The lowest BCUT2D eigenvalue weighted by atomic mass is 10.4. The van der Waals surface area contributed by atoms with Crippen molar-refractivity contribution >= 4 is 11.9 Å². The maximum Gasteiger partial charge on any atom is 0.293 e. The van der Waals surface area contributed by atoms with Gasteiger partial charge >= 0.3 is 0 Å². The van der Waals surface area contributed by atoms with Gasteiger partial charge in [-0.1, -0.05) is 6.92 Å². The van der Waals surface area contributed by atoms with Gasteiger partial charge in [0.25, 0.3) is 6.02 Å². The maximum absolute atomic E-state index is 5.36. The molecule has 2 rings (SSSR count). The van der Waals surface area contributed by atoms with Gasteiger partial charge in [0, 0.05) is 13.0 Å². The Morgan fingerprint density at radius 1 is 1.42 bits per heavy atom. The van der Waals surface area contributed by atoms with Crippen LogP contribution in [0.25, 0.3) is 0 Å². The van der Waals surface area contributed by atoms with E-state index < -0.39 is 0 Å². The van der Waals surface area contributed by atoms with Crippen molar-refractivity contribution in [3.05, 3.63) is 0 Å². The second-order valence-electron chi connectivity index (χ2n) is 2.82. The maximum atomic E-state index is 5.36. The van der Waals surface area contributed by atoms with Crippen molar-refractivity contribution in [2.45, 2.75) is 13.3 Å². The highest BCUT2D eigenvalue weighted by molar-refractivity contribution is 5.98. The van der Waals surface area contributed by atoms with Crippen LogP contribution in [0.1, 0.15) is 13.3 Å². The van der Waals surface area contributed by atoms with Crippen molar-refractivity contribution in [1.82, 2.24) is 4.90 Å². The first kappa shape index (κ1) is 7.58. The minimum Gasteiger partial charge on any atom is -0.463 e. The van der Waals surface area contributed by atoms with Crippen LogP contribution in [0.3, 0.4) is 0 Å². The lowest BCUT2D eigenvalue weighted by molar-refractivity contribution is 0.306. The molecule has 0 aliphatic carbocycles. The third-order valence-corrected chi connectivity index (χ3v) is 2.05. The Morgan fingerprint density at radius 3 is 3.00 bits per heavy atom. The molecule has 0 unspecified atom stereocenters. The number of hydrogen-bond donors (Lipinski definition) is 0. The molecule has 0 fully saturated rings. The summed E-state index contributed by atoms with van der Waals surface area (Å²) >= 11 is 0. The molecule has 4 nitrogen and oxygen atoms in total. The molecule has 2 aliphatic heterocycles. The third kappa shape index (κ3) is 1.17. The van der Waals surface area contributed by atoms with Crippen LogP contribution in [0.5, 0.6) is 0 Å². The number of aliphatic imine (C=N–C) groups is 2. The van der Waals surface area contributed by atoms with Gasteiger partial charge in [0.1, 0.15) is 12.4 Å². The van der Waals surface area contributed by atoms with E-state index in [0.29, 0.717) is 0 Å². The average Bonchev–Trinajstić information content (AvgIpc) is 2.74. The zero-order valence-corrected chi connectivity index (χ0v) is 7.29. The monoisotopic (exact) mass is 167 g/mol. The third-order valence-electron chi connectivity index (χ3n) is 2.05. The fraction of sp³-hybridized carbons (Fsp3) is 0.750. The minimum absolute atomic E-state index is 0.725. The van der Waals surface area contributed by atoms with Crippen LogP contribution < -0.4 is 0 Å². The number of ether oxygens (including phenoxy) is 1. The Labute approximate surface area is 71.9 Å². The van der Waals surface area contributed by atoms with E-state index in [-0.39, 0.29) is 0 Å². The zero-order valence-electron chi connectivity index (χ0n) is 7.29. The SMILES string of the molecule is CCC1=NCCN1C1=NCCO1. The number of hydrogen-bond acceptors (Lipinski definition) is 4. The van der Waals surface area contributed by atoms with Crippen molar-refractivity contribution < 1.29 is 4.74 Å². The molecule has 0 saturated carbocycles. The molecule has 0 aromatic rings. The highest BCUT2D eigenvalue weighted by atomic mass is 16.5. The Balaban J connectivity index is 2.08. The quantitative estimate of drug-likeness (QED) is 0.570. The second kappa shape index (κ2) is 3.13. The molecule has 0 saturated heterocycles. The van der Waals surface area contributed by atoms with Gasteiger partial charge in [-0.25, -0.2) is 4.99 Å². The molecule has 66 valence electrons. The van der Waals surface area contributed by atoms with E-state index >= 15 is 0 Å². The summed E-state index contributed by atoms with van der Waals surface area (Å²) in [5.74, 6) is 1.11. The van der Waals surface area contributed by atoms with Crippen LogP contribution in [0.2, 0.25) is 0 Å². The van der Waals surface area contributed by atoms with Crippen LogP contribution in [-0.4, -0.2) is 43.0 Å². The van der Waals surface area contributed by atoms with Crippen molar-refractivity contribution in [1.29, 1.82) is 0 Å². The second-order valence-corrected chi connectivity index (χ2v) is 2.82. The van der Waals surface area contributed by atoms with Gasteiger partial charge in [0.05, 0.1) is 13.1 Å². The summed E-state index contributed by atoms with van der Waals surface area (Å²) in [5.41, 5.74) is 0. The fourth-order valence-corrected chi connectivity index (χ4v) is 1.49. The Morgan fingerprint density at radius 2 is 2.33 bits per heavy atom. The fourth-order valence-electron chi connectivity index (χ4n) is 1.49. The van der Waals surface area contributed by atoms with Crippen LogP contribution in [0.15, 0.2) is 9.98 Å². The lowest BCUT2D eigenvalue weighted by Gasteiger charge is -2.17. The molecule has 2 aliphatic rings. The predicted molar refractivity (Wildman–Crippen MR) is 47.6 cm³/mol. The van der Waals surface area contributed by atoms with E-state index in [1.807, 2.05) is 0 Å². The van der Waals surface area contributed by atoms with Crippen LogP contribution >= 0.6 is 0 Å². The van der Waals surface area contributed by atoms with Gasteiger partial charge in [-0.3, -0.25) is 9.89 Å². The molecule has 0 spiro atoms. The van der Waals surface area contributed by atoms with E-state index in [1.54, 1.807) is 0 Å². The molecule has 0 radical (unpaired) electrons. The van der Waals surface area contributed by atoms with Crippen molar-refractivity contribution in [2.75, 3.05) is 26.2 Å². The number of rotatable bonds is 1. The van der Waals surface area contributed by atoms with Gasteiger partial charge in [0.2, 0.25) is 0 Å². The zero-order chi connectivity index (χ0) is 8.39. The van der Waals surface area contributed by atoms with Gasteiger partial charge in [-0.15, -0.1) is 0 Å². The normalized spacial score (nSPS) is 22.2. The highest BCUT2D eigenvalue weighted by Gasteiger charge is 2.23. The van der Waals surface area contributed by atoms with E-state index in [2.05, 4.69) is 21.8 Å². The van der Waals surface area contributed by atoms with Gasteiger partial charge in [-0.2, -0.15) is 0 Å². The Kier molecular flexibility index (Phi) is 1.98. The van der Waals surface area contributed by atoms with Crippen molar-refractivity contribution in [2.24, 2.45) is 9.98 Å². The van der Waals surface area contributed by atoms with Gasteiger partial charge < -0.3 is 4.74 Å². The molecule has 2 heterocycles. The van der Waals surface area contributed by atoms with Crippen LogP contribution in [-0.2, 0) is 4.74 Å². The summed E-state index contributed by atoms with van der Waals surface area (Å²) in [4.78, 5) is 10.7. The Bertz CT molecular complexity index is 234. The molecular formula is C8H13N3O. The van der Waals surface area contributed by atoms with Crippen LogP contribution in [0.4, 0.5) is 0 Å². The molecule has 4 heteroatoms. The topological polar surface area (TPSA) is 37.2 Å².